The number of aromatic nitrogens is 2. The topological polar surface area (TPSA) is 222 Å². The Morgan fingerprint density at radius 2 is 1.85 bits per heavy atom. The fourth-order valence-corrected chi connectivity index (χ4v) is 7.44. The number of carbonyl (C=O) groups is 6. The lowest BCUT2D eigenvalue weighted by molar-refractivity contribution is -0.136. The molecule has 0 radical (unpaired) electrons. The maximum atomic E-state index is 13.3. The van der Waals surface area contributed by atoms with Crippen molar-refractivity contribution >= 4 is 69.8 Å². The predicted octanol–water partition coefficient (Wildman–Crippen LogP) is 3.09. The smallest absolute Gasteiger partial charge is 0.264 e. The lowest BCUT2D eigenvalue weighted by atomic mass is 10.0. The summed E-state index contributed by atoms with van der Waals surface area (Å²) in [5.41, 5.74) is 4.94. The van der Waals surface area contributed by atoms with Crippen LogP contribution in [-0.4, -0.2) is 101 Å². The van der Waals surface area contributed by atoms with Gasteiger partial charge in [0.05, 0.1) is 28.7 Å². The number of fused-ring (bicyclic) bond motifs is 2. The number of amides is 6. The van der Waals surface area contributed by atoms with Crippen molar-refractivity contribution in [2.75, 3.05) is 49.2 Å². The fourth-order valence-electron chi connectivity index (χ4n) is 7.44. The second-order valence-corrected chi connectivity index (χ2v) is 14.0. The second-order valence-electron chi connectivity index (χ2n) is 14.0. The van der Waals surface area contributed by atoms with Crippen LogP contribution in [0.3, 0.4) is 0 Å². The van der Waals surface area contributed by atoms with Crippen molar-refractivity contribution < 1.29 is 28.8 Å². The van der Waals surface area contributed by atoms with Crippen LogP contribution in [0.15, 0.2) is 54.6 Å². The van der Waals surface area contributed by atoms with Crippen LogP contribution in [0.2, 0.25) is 0 Å². The SMILES string of the molecule is CNc1ccc(C(=O)Nc2ccc3nc(CN4CCC(CC(=O)NCCCNc5cccc6c5C(=O)N(C5CCC(=O)NC5=O)C6=O)C4)[nH]c3c2)cc1C=N. The van der Waals surface area contributed by atoms with Gasteiger partial charge in [-0.3, -0.25) is 43.9 Å². The van der Waals surface area contributed by atoms with E-state index in [1.165, 1.54) is 6.21 Å². The van der Waals surface area contributed by atoms with E-state index in [1.54, 1.807) is 49.5 Å². The molecule has 7 N–H and O–H groups in total. The molecule has 1 aromatic heterocycles. The summed E-state index contributed by atoms with van der Waals surface area (Å²) < 4.78 is 0. The van der Waals surface area contributed by atoms with Gasteiger partial charge in [0.2, 0.25) is 17.7 Å². The third-order valence-corrected chi connectivity index (χ3v) is 10.2. The summed E-state index contributed by atoms with van der Waals surface area (Å²) >= 11 is 0. The Labute approximate surface area is 316 Å². The van der Waals surface area contributed by atoms with Gasteiger partial charge in [0, 0.05) is 73.9 Å². The van der Waals surface area contributed by atoms with E-state index < -0.39 is 29.7 Å². The number of rotatable bonds is 14. The van der Waals surface area contributed by atoms with Crippen LogP contribution in [0.4, 0.5) is 17.1 Å². The van der Waals surface area contributed by atoms with Crippen LogP contribution in [0.5, 0.6) is 0 Å². The first-order chi connectivity index (χ1) is 26.6. The highest BCUT2D eigenvalue weighted by Gasteiger charge is 2.45. The van der Waals surface area contributed by atoms with E-state index in [4.69, 9.17) is 10.4 Å². The number of benzene rings is 3. The minimum Gasteiger partial charge on any atom is -0.388 e. The maximum absolute atomic E-state index is 13.3. The minimum atomic E-state index is -1.03. The van der Waals surface area contributed by atoms with Gasteiger partial charge >= 0.3 is 0 Å². The Hall–Kier alpha value is -6.42. The molecule has 0 aliphatic carbocycles. The summed E-state index contributed by atoms with van der Waals surface area (Å²) in [6.45, 7) is 3.08. The van der Waals surface area contributed by atoms with E-state index >= 15 is 0 Å². The molecule has 4 aromatic rings. The van der Waals surface area contributed by atoms with E-state index in [9.17, 15) is 28.8 Å². The number of hydrogen-bond donors (Lipinski definition) is 7. The van der Waals surface area contributed by atoms with Crippen molar-refractivity contribution in [2.24, 2.45) is 5.92 Å². The second kappa shape index (κ2) is 15.9. The van der Waals surface area contributed by atoms with Crippen LogP contribution < -0.4 is 26.6 Å². The number of piperidine rings is 1. The lowest BCUT2D eigenvalue weighted by Crippen LogP contribution is -2.54. The van der Waals surface area contributed by atoms with Crippen molar-refractivity contribution in [3.05, 3.63) is 82.7 Å². The van der Waals surface area contributed by atoms with Crippen molar-refractivity contribution in [3.63, 3.8) is 0 Å². The molecule has 2 atom stereocenters. The standard InChI is InChI=1S/C39H42N10O6/c1-41-27-8-6-23(17-24(27)19-40)36(52)44-25-7-9-28-30(18-25)46-32(45-28)21-48-15-12-22(20-48)16-34(51)43-14-3-13-42-29-5-2-4-26-35(29)39(55)49(38(26)54)31-10-11-33(50)47-37(31)53/h2,4-9,17-19,22,31,40-42H,3,10-16,20-21H2,1H3,(H,43,51)(H,44,52)(H,45,46)(H,47,50,53). The summed E-state index contributed by atoms with van der Waals surface area (Å²) in [5.74, 6) is -1.50. The number of likely N-dealkylation sites (tertiary alicyclic amines) is 1. The molecular formula is C39H42N10O6. The first-order valence-electron chi connectivity index (χ1n) is 18.3. The molecule has 3 aliphatic rings. The summed E-state index contributed by atoms with van der Waals surface area (Å²) in [7, 11) is 1.77. The summed E-state index contributed by atoms with van der Waals surface area (Å²) in [6.07, 6.45) is 3.23. The maximum Gasteiger partial charge on any atom is 0.264 e. The molecule has 3 aliphatic heterocycles. The molecule has 6 amide bonds. The molecule has 16 heteroatoms. The molecule has 2 fully saturated rings. The lowest BCUT2D eigenvalue weighted by Gasteiger charge is -2.27. The van der Waals surface area contributed by atoms with Crippen LogP contribution in [0.25, 0.3) is 11.0 Å². The normalized spacial score (nSPS) is 18.3. The zero-order valence-electron chi connectivity index (χ0n) is 30.3. The minimum absolute atomic E-state index is 0.0292. The Morgan fingerprint density at radius 3 is 2.65 bits per heavy atom. The third-order valence-electron chi connectivity index (χ3n) is 10.2. The zero-order chi connectivity index (χ0) is 38.6. The molecule has 55 heavy (non-hydrogen) atoms. The van der Waals surface area contributed by atoms with Crippen LogP contribution in [0.1, 0.15) is 74.6 Å². The Morgan fingerprint density at radius 1 is 1.00 bits per heavy atom. The van der Waals surface area contributed by atoms with E-state index in [0.717, 1.165) is 47.0 Å². The largest absolute Gasteiger partial charge is 0.388 e. The molecule has 2 saturated heterocycles. The van der Waals surface area contributed by atoms with Crippen LogP contribution >= 0.6 is 0 Å². The number of carbonyl (C=O) groups excluding carboxylic acids is 6. The van der Waals surface area contributed by atoms with Crippen molar-refractivity contribution in [2.45, 2.75) is 44.7 Å². The zero-order valence-corrected chi connectivity index (χ0v) is 30.3. The van der Waals surface area contributed by atoms with Crippen molar-refractivity contribution in [3.8, 4) is 0 Å². The summed E-state index contributed by atoms with van der Waals surface area (Å²) in [5, 5.41) is 21.9. The monoisotopic (exact) mass is 746 g/mol. The van der Waals surface area contributed by atoms with E-state index in [1.807, 2.05) is 12.1 Å². The van der Waals surface area contributed by atoms with Crippen molar-refractivity contribution in [1.29, 1.82) is 5.41 Å². The highest BCUT2D eigenvalue weighted by atomic mass is 16.2. The van der Waals surface area contributed by atoms with Gasteiger partial charge in [0.1, 0.15) is 11.9 Å². The van der Waals surface area contributed by atoms with Crippen molar-refractivity contribution in [1.82, 2.24) is 30.4 Å². The molecule has 0 bridgehead atoms. The molecule has 7 rings (SSSR count). The first kappa shape index (κ1) is 36.9. The average molecular weight is 747 g/mol. The average Bonchev–Trinajstić information content (AvgIpc) is 3.86. The number of nitrogens with one attached hydrogen (secondary N) is 7. The quantitative estimate of drug-likeness (QED) is 0.0568. The molecule has 284 valence electrons. The van der Waals surface area contributed by atoms with Gasteiger partial charge in [-0.2, -0.15) is 0 Å². The van der Waals surface area contributed by atoms with Gasteiger partial charge in [-0.1, -0.05) is 6.07 Å². The third kappa shape index (κ3) is 7.94. The Kier molecular flexibility index (Phi) is 10.7. The van der Waals surface area contributed by atoms with Gasteiger partial charge in [-0.15, -0.1) is 0 Å². The number of nitrogens with zero attached hydrogens (tertiary/aromatic N) is 3. The number of anilines is 3. The number of H-pyrrole nitrogens is 1. The molecule has 2 unspecified atom stereocenters. The molecule has 4 heterocycles. The highest BCUT2D eigenvalue weighted by molar-refractivity contribution is 6.25. The van der Waals surface area contributed by atoms with Gasteiger partial charge in [0.25, 0.3) is 17.7 Å². The Bertz CT molecular complexity index is 2220. The van der Waals surface area contributed by atoms with E-state index in [2.05, 4.69) is 36.5 Å². The highest BCUT2D eigenvalue weighted by Crippen LogP contribution is 2.32. The van der Waals surface area contributed by atoms with Crippen LogP contribution in [-0.2, 0) is 20.9 Å². The number of imidazole rings is 1. The number of aromatic amines is 1. The van der Waals surface area contributed by atoms with Gasteiger partial charge in [0.15, 0.2) is 0 Å². The summed E-state index contributed by atoms with van der Waals surface area (Å²) in [6, 6.07) is 14.6. The van der Waals surface area contributed by atoms with Gasteiger partial charge < -0.3 is 31.7 Å². The number of imide groups is 2. The van der Waals surface area contributed by atoms with Crippen LogP contribution in [0, 0.1) is 11.3 Å². The molecule has 0 spiro atoms. The van der Waals surface area contributed by atoms with E-state index in [0.29, 0.717) is 55.0 Å². The number of hydrogen-bond acceptors (Lipinski definition) is 11. The van der Waals surface area contributed by atoms with Gasteiger partial charge in [-0.25, -0.2) is 4.98 Å². The Balaban J connectivity index is 0.840. The molecule has 16 nitrogen and oxygen atoms in total. The fraction of sp³-hybridized carbons (Fsp3) is 0.333. The van der Waals surface area contributed by atoms with Gasteiger partial charge in [-0.05, 0) is 80.3 Å². The molecule has 3 aromatic carbocycles. The molecular weight excluding hydrogens is 704 g/mol. The predicted molar refractivity (Wildman–Crippen MR) is 205 cm³/mol. The summed E-state index contributed by atoms with van der Waals surface area (Å²) in [4.78, 5) is 87.3. The first-order valence-corrected chi connectivity index (χ1v) is 18.3. The molecule has 0 saturated carbocycles. The van der Waals surface area contributed by atoms with E-state index in [-0.39, 0.29) is 41.7 Å².